The van der Waals surface area contributed by atoms with Gasteiger partial charge in [-0.25, -0.2) is 0 Å². The molecule has 0 aliphatic heterocycles. The van der Waals surface area contributed by atoms with Gasteiger partial charge in [-0.05, 0) is 0 Å². The van der Waals surface area contributed by atoms with E-state index < -0.39 is 0 Å². The van der Waals surface area contributed by atoms with Crippen LogP contribution in [-0.4, -0.2) is 7.07 Å². The van der Waals surface area contributed by atoms with Crippen LogP contribution in [0.15, 0.2) is 0 Å². The zero-order valence-corrected chi connectivity index (χ0v) is 6.45. The SMILES string of the molecule is [CH2-]B=N.[U]. The fourth-order valence-electron chi connectivity index (χ4n) is 0. The van der Waals surface area contributed by atoms with E-state index in [1.165, 1.54) is 0 Å². The number of rotatable bonds is 0. The Hall–Kier alpha value is 0.787. The summed E-state index contributed by atoms with van der Waals surface area (Å²) in [7, 11) is 1.00. The minimum Gasteiger partial charge on any atom is 0 e. The molecule has 4 heavy (non-hydrogen) atoms. The second kappa shape index (κ2) is 9.21. The van der Waals surface area contributed by atoms with Crippen molar-refractivity contribution >= 4 is 7.07 Å². The number of nitrogens with one attached hydrogen (secondary N) is 1. The van der Waals surface area contributed by atoms with Gasteiger partial charge in [0, 0.05) is 31.1 Å². The topological polar surface area (TPSA) is 23.9 Å². The molecule has 0 rings (SSSR count). The third-order valence-electron chi connectivity index (χ3n) is 0. The minimum absolute atomic E-state index is 0. The van der Waals surface area contributed by atoms with Crippen LogP contribution < -0.4 is 0 Å². The van der Waals surface area contributed by atoms with E-state index in [1.54, 1.807) is 0 Å². The Bertz CT molecular complexity index is 15.5. The molecular formula is CH3BNU-. The fraction of sp³-hybridized carbons (Fsp3) is 0. The van der Waals surface area contributed by atoms with Crippen LogP contribution in [0.3, 0.4) is 0 Å². The smallest absolute Gasteiger partial charge is 0 e. The van der Waals surface area contributed by atoms with Gasteiger partial charge in [-0.2, -0.15) is 0 Å². The summed E-state index contributed by atoms with van der Waals surface area (Å²) in [6, 6.07) is 0. The monoisotopic (exact) mass is 278 g/mol. The maximum Gasteiger partial charge on any atom is 0 e. The van der Waals surface area contributed by atoms with Gasteiger partial charge in [-0.3, -0.25) is 0 Å². The summed E-state index contributed by atoms with van der Waals surface area (Å²) in [6.45, 7) is 3.03. The first kappa shape index (κ1) is 8.84. The number of hydrogen-bond donors (Lipinski definition) is 1. The van der Waals surface area contributed by atoms with Crippen molar-refractivity contribution in [1.82, 2.24) is 0 Å². The summed E-state index contributed by atoms with van der Waals surface area (Å²) in [4.78, 5) is 0. The van der Waals surface area contributed by atoms with Crippen LogP contribution in [0.5, 0.6) is 0 Å². The van der Waals surface area contributed by atoms with Crippen LogP contribution in [0.2, 0.25) is 0 Å². The third kappa shape index (κ3) is 14.4. The summed E-state index contributed by atoms with van der Waals surface area (Å²) in [6.07, 6.45) is 0. The zero-order chi connectivity index (χ0) is 2.71. The van der Waals surface area contributed by atoms with E-state index in [4.69, 9.17) is 5.31 Å². The second-order valence-corrected chi connectivity index (χ2v) is 0.204. The van der Waals surface area contributed by atoms with Gasteiger partial charge in [-0.1, -0.05) is 0 Å². The molecule has 20 valence electrons. The maximum absolute atomic E-state index is 5.97. The Morgan fingerprint density at radius 1 is 1.75 bits per heavy atom. The van der Waals surface area contributed by atoms with Crippen molar-refractivity contribution in [3.63, 3.8) is 0 Å². The first-order valence-electron chi connectivity index (χ1n) is 0.697. The first-order chi connectivity index (χ1) is 1.41. The van der Waals surface area contributed by atoms with E-state index in [0.717, 1.165) is 7.07 Å². The second-order valence-electron chi connectivity index (χ2n) is 0.204. The van der Waals surface area contributed by atoms with Crippen LogP contribution in [-0.2, 0) is 0 Å². The standard InChI is InChI=1S/CH3BN.U/c1-2-3;/h3H,1H2;/q-1;. The predicted octanol–water partition coefficient (Wildman–Crippen LogP) is 0.245. The van der Waals surface area contributed by atoms with E-state index in [0.29, 0.717) is 0 Å². The summed E-state index contributed by atoms with van der Waals surface area (Å²) in [5.41, 5.74) is 0. The molecule has 0 aliphatic carbocycles. The average Bonchev–Trinajstić information content (AvgIpc) is 0.918. The predicted molar refractivity (Wildman–Crippen MR) is 13.8 cm³/mol. The van der Waals surface area contributed by atoms with E-state index in [1.807, 2.05) is 0 Å². The van der Waals surface area contributed by atoms with Crippen molar-refractivity contribution in [3.8, 4) is 0 Å². The molecule has 0 saturated heterocycles. The van der Waals surface area contributed by atoms with Crippen molar-refractivity contribution < 1.29 is 31.1 Å². The van der Waals surface area contributed by atoms with Crippen molar-refractivity contribution in [3.05, 3.63) is 6.82 Å². The Balaban J connectivity index is 0. The van der Waals surface area contributed by atoms with Gasteiger partial charge in [0.2, 0.25) is 0 Å². The van der Waals surface area contributed by atoms with Gasteiger partial charge in [-0.15, -0.1) is 0 Å². The van der Waals surface area contributed by atoms with E-state index in [9.17, 15) is 0 Å². The van der Waals surface area contributed by atoms with Gasteiger partial charge < -0.3 is 0 Å². The molecule has 0 fully saturated rings. The van der Waals surface area contributed by atoms with E-state index in [-0.39, 0.29) is 31.1 Å². The summed E-state index contributed by atoms with van der Waals surface area (Å²) in [5, 5.41) is 5.97. The largest absolute Gasteiger partial charge is 0 e. The van der Waals surface area contributed by atoms with Gasteiger partial charge in [0.15, 0.2) is 0 Å². The molecule has 0 amide bonds. The van der Waals surface area contributed by atoms with Crippen molar-refractivity contribution in [2.75, 3.05) is 0 Å². The van der Waals surface area contributed by atoms with Crippen LogP contribution >= 0.6 is 0 Å². The Morgan fingerprint density at radius 3 is 1.75 bits per heavy atom. The molecule has 0 aromatic carbocycles. The van der Waals surface area contributed by atoms with Crippen LogP contribution in [0.25, 0.3) is 0 Å². The van der Waals surface area contributed by atoms with Crippen LogP contribution in [0.1, 0.15) is 0 Å². The van der Waals surface area contributed by atoms with E-state index in [2.05, 4.69) is 6.82 Å². The molecule has 0 aromatic rings. The molecule has 0 atom stereocenters. The van der Waals surface area contributed by atoms with Crippen LogP contribution in [0.4, 0.5) is 0 Å². The minimum atomic E-state index is 0. The van der Waals surface area contributed by atoms with Crippen LogP contribution in [0, 0.1) is 43.2 Å². The molecule has 3 heteroatoms. The van der Waals surface area contributed by atoms with Gasteiger partial charge in [0.25, 0.3) is 0 Å². The summed E-state index contributed by atoms with van der Waals surface area (Å²) >= 11 is 0. The summed E-state index contributed by atoms with van der Waals surface area (Å²) < 4.78 is 0. The zero-order valence-electron chi connectivity index (χ0n) is 2.28. The van der Waals surface area contributed by atoms with Gasteiger partial charge in [0.1, 0.15) is 0 Å². The van der Waals surface area contributed by atoms with Gasteiger partial charge >= 0.3 is 19.2 Å². The first-order valence-corrected chi connectivity index (χ1v) is 0.697. The number of hydrogen-bond acceptors (Lipinski definition) is 1. The normalized spacial score (nSPS) is 2.00. The molecule has 0 heterocycles. The third-order valence-corrected chi connectivity index (χ3v) is 0. The van der Waals surface area contributed by atoms with Crippen molar-refractivity contribution in [2.24, 2.45) is 0 Å². The molecule has 0 aliphatic rings. The molecule has 0 aromatic heterocycles. The Kier molecular flexibility index (Phi) is 20.4. The Morgan fingerprint density at radius 2 is 1.75 bits per heavy atom. The molecule has 1 nitrogen and oxygen atoms in total. The molecular weight excluding hydrogens is 275 g/mol. The Labute approximate surface area is 50.3 Å². The molecule has 0 saturated carbocycles. The molecule has 0 radical (unpaired) electrons. The molecule has 0 bridgehead atoms. The van der Waals surface area contributed by atoms with Crippen molar-refractivity contribution in [1.29, 1.82) is 5.31 Å². The molecule has 0 unspecified atom stereocenters. The molecule has 1 N–H and O–H groups in total. The summed E-state index contributed by atoms with van der Waals surface area (Å²) in [5.74, 6) is 0. The quantitative estimate of drug-likeness (QED) is 0.485. The van der Waals surface area contributed by atoms with Gasteiger partial charge in [0.05, 0.1) is 0 Å². The average molecular weight is 278 g/mol. The maximum atomic E-state index is 5.97. The van der Waals surface area contributed by atoms with Crippen molar-refractivity contribution in [2.45, 2.75) is 0 Å². The van der Waals surface area contributed by atoms with E-state index >= 15 is 0 Å². The molecule has 0 spiro atoms. The fourth-order valence-corrected chi connectivity index (χ4v) is 0.